The Morgan fingerprint density at radius 2 is 1.25 bits per heavy atom. The molecule has 1 N–H and O–H groups in total. The molecule has 3 rings (SSSR count). The molecule has 0 atom stereocenters. The molecule has 0 amide bonds. The van der Waals surface area contributed by atoms with Gasteiger partial charge in [0, 0.05) is 20.1 Å². The molecule has 24 heavy (non-hydrogen) atoms. The second-order valence-electron chi connectivity index (χ2n) is 6.05. The highest BCUT2D eigenvalue weighted by Crippen LogP contribution is 2.31. The highest BCUT2D eigenvalue weighted by atomic mass is 15.1. The van der Waals surface area contributed by atoms with E-state index < -0.39 is 0 Å². The van der Waals surface area contributed by atoms with Crippen LogP contribution < -0.4 is 10.2 Å². The molecular weight excluding hydrogens is 292 g/mol. The van der Waals surface area contributed by atoms with Gasteiger partial charge in [-0.3, -0.25) is 0 Å². The van der Waals surface area contributed by atoms with Crippen molar-refractivity contribution in [3.05, 3.63) is 95.6 Å². The normalized spacial score (nSPS) is 10.4. The molecule has 0 spiro atoms. The summed E-state index contributed by atoms with van der Waals surface area (Å²) in [6, 6.07) is 27.8. The minimum Gasteiger partial charge on any atom is -0.386 e. The molecule has 0 fully saturated rings. The van der Waals surface area contributed by atoms with E-state index in [1.807, 2.05) is 7.05 Å². The van der Waals surface area contributed by atoms with Crippen LogP contribution in [0.1, 0.15) is 16.7 Å². The Labute approximate surface area is 144 Å². The fourth-order valence-electron chi connectivity index (χ4n) is 3.07. The zero-order valence-corrected chi connectivity index (χ0v) is 14.4. The van der Waals surface area contributed by atoms with E-state index in [4.69, 9.17) is 0 Å². The van der Waals surface area contributed by atoms with Crippen LogP contribution in [-0.2, 0) is 13.1 Å². The number of anilines is 2. The van der Waals surface area contributed by atoms with Gasteiger partial charge in [-0.15, -0.1) is 0 Å². The van der Waals surface area contributed by atoms with Crippen LogP contribution in [0.2, 0.25) is 0 Å². The van der Waals surface area contributed by atoms with E-state index in [0.29, 0.717) is 0 Å². The first kappa shape index (κ1) is 16.1. The summed E-state index contributed by atoms with van der Waals surface area (Å²) < 4.78 is 0. The highest BCUT2D eigenvalue weighted by Gasteiger charge is 2.13. The van der Waals surface area contributed by atoms with Gasteiger partial charge < -0.3 is 10.2 Å². The van der Waals surface area contributed by atoms with Crippen molar-refractivity contribution in [3.63, 3.8) is 0 Å². The molecule has 0 saturated carbocycles. The van der Waals surface area contributed by atoms with Crippen LogP contribution in [0.3, 0.4) is 0 Å². The standard InChI is InChI=1S/C22H24N2/c1-18-10-9-15-21(22(18)23-2)24(16-19-11-5-3-6-12-19)17-20-13-7-4-8-14-20/h3-15,23H,16-17H2,1-2H3. The number of rotatable bonds is 6. The summed E-state index contributed by atoms with van der Waals surface area (Å²) in [7, 11) is 2.00. The molecule has 0 unspecified atom stereocenters. The van der Waals surface area contributed by atoms with Gasteiger partial charge in [-0.2, -0.15) is 0 Å². The third-order valence-electron chi connectivity index (χ3n) is 4.27. The molecule has 0 bridgehead atoms. The monoisotopic (exact) mass is 316 g/mol. The van der Waals surface area contributed by atoms with Gasteiger partial charge in [0.1, 0.15) is 0 Å². The molecule has 0 heterocycles. The number of benzene rings is 3. The van der Waals surface area contributed by atoms with Crippen molar-refractivity contribution in [1.82, 2.24) is 0 Å². The molecule has 0 aliphatic heterocycles. The lowest BCUT2D eigenvalue weighted by Gasteiger charge is -2.28. The lowest BCUT2D eigenvalue weighted by molar-refractivity contribution is 0.800. The zero-order chi connectivity index (χ0) is 16.8. The lowest BCUT2D eigenvalue weighted by atomic mass is 10.1. The summed E-state index contributed by atoms with van der Waals surface area (Å²) in [5.74, 6) is 0. The Morgan fingerprint density at radius 3 is 1.75 bits per heavy atom. The van der Waals surface area contributed by atoms with E-state index in [9.17, 15) is 0 Å². The highest BCUT2D eigenvalue weighted by molar-refractivity contribution is 5.73. The maximum Gasteiger partial charge on any atom is 0.0610 e. The van der Waals surface area contributed by atoms with Crippen LogP contribution in [0.4, 0.5) is 11.4 Å². The van der Waals surface area contributed by atoms with Crippen molar-refractivity contribution >= 4 is 11.4 Å². The molecule has 3 aromatic rings. The molecule has 2 nitrogen and oxygen atoms in total. The van der Waals surface area contributed by atoms with Gasteiger partial charge in [-0.1, -0.05) is 72.8 Å². The quantitative estimate of drug-likeness (QED) is 0.668. The Kier molecular flexibility index (Phi) is 5.17. The topological polar surface area (TPSA) is 15.3 Å². The molecule has 2 heteroatoms. The number of para-hydroxylation sites is 1. The summed E-state index contributed by atoms with van der Waals surface area (Å²) in [6.07, 6.45) is 0. The SMILES string of the molecule is CNc1c(C)cccc1N(Cc1ccccc1)Cc1ccccc1. The van der Waals surface area contributed by atoms with Crippen molar-refractivity contribution < 1.29 is 0 Å². The minimum atomic E-state index is 0.883. The molecule has 0 radical (unpaired) electrons. The second-order valence-corrected chi connectivity index (χ2v) is 6.05. The third kappa shape index (κ3) is 3.77. The third-order valence-corrected chi connectivity index (χ3v) is 4.27. The van der Waals surface area contributed by atoms with E-state index in [1.165, 1.54) is 28.1 Å². The van der Waals surface area contributed by atoms with E-state index in [1.54, 1.807) is 0 Å². The summed E-state index contributed by atoms with van der Waals surface area (Å²) in [6.45, 7) is 3.92. The number of nitrogens with one attached hydrogen (secondary N) is 1. The average molecular weight is 316 g/mol. The fourth-order valence-corrected chi connectivity index (χ4v) is 3.07. The maximum absolute atomic E-state index is 3.37. The van der Waals surface area contributed by atoms with Gasteiger partial charge in [0.2, 0.25) is 0 Å². The van der Waals surface area contributed by atoms with E-state index in [2.05, 4.69) is 96.0 Å². The predicted octanol–water partition coefficient (Wildman–Crippen LogP) is 5.24. The van der Waals surface area contributed by atoms with Gasteiger partial charge in [0.05, 0.1) is 11.4 Å². The molecule has 122 valence electrons. The van der Waals surface area contributed by atoms with Crippen molar-refractivity contribution in [2.45, 2.75) is 20.0 Å². The van der Waals surface area contributed by atoms with Crippen molar-refractivity contribution in [2.24, 2.45) is 0 Å². The van der Waals surface area contributed by atoms with Crippen LogP contribution in [0, 0.1) is 6.92 Å². The first-order valence-electron chi connectivity index (χ1n) is 8.38. The Bertz CT molecular complexity index is 725. The Balaban J connectivity index is 1.97. The average Bonchev–Trinajstić information content (AvgIpc) is 2.63. The van der Waals surface area contributed by atoms with E-state index in [0.717, 1.165) is 13.1 Å². The second kappa shape index (κ2) is 7.69. The van der Waals surface area contributed by atoms with Crippen LogP contribution in [0.15, 0.2) is 78.9 Å². The summed E-state index contributed by atoms with van der Waals surface area (Å²) >= 11 is 0. The van der Waals surface area contributed by atoms with Crippen LogP contribution in [0.25, 0.3) is 0 Å². The fraction of sp³-hybridized carbons (Fsp3) is 0.182. The number of hydrogen-bond acceptors (Lipinski definition) is 2. The van der Waals surface area contributed by atoms with Crippen molar-refractivity contribution in [3.8, 4) is 0 Å². The smallest absolute Gasteiger partial charge is 0.0610 e. The van der Waals surface area contributed by atoms with Crippen molar-refractivity contribution in [1.29, 1.82) is 0 Å². The van der Waals surface area contributed by atoms with Crippen molar-refractivity contribution in [2.75, 3.05) is 17.3 Å². The first-order chi connectivity index (χ1) is 11.8. The van der Waals surface area contributed by atoms with Gasteiger partial charge in [-0.05, 0) is 29.7 Å². The summed E-state index contributed by atoms with van der Waals surface area (Å²) in [4.78, 5) is 2.43. The van der Waals surface area contributed by atoms with Crippen LogP contribution in [-0.4, -0.2) is 7.05 Å². The number of hydrogen-bond donors (Lipinski definition) is 1. The zero-order valence-electron chi connectivity index (χ0n) is 14.4. The molecule has 3 aromatic carbocycles. The molecular formula is C22H24N2. The van der Waals surface area contributed by atoms with Gasteiger partial charge in [0.25, 0.3) is 0 Å². The van der Waals surface area contributed by atoms with Gasteiger partial charge in [-0.25, -0.2) is 0 Å². The Hall–Kier alpha value is -2.74. The van der Waals surface area contributed by atoms with Crippen LogP contribution >= 0.6 is 0 Å². The summed E-state index contributed by atoms with van der Waals surface area (Å²) in [5.41, 5.74) is 6.34. The van der Waals surface area contributed by atoms with E-state index >= 15 is 0 Å². The van der Waals surface area contributed by atoms with E-state index in [-0.39, 0.29) is 0 Å². The summed E-state index contributed by atoms with van der Waals surface area (Å²) in [5, 5.41) is 3.37. The number of nitrogens with zero attached hydrogens (tertiary/aromatic N) is 1. The predicted molar refractivity (Wildman–Crippen MR) is 103 cm³/mol. The van der Waals surface area contributed by atoms with Gasteiger partial charge in [0.15, 0.2) is 0 Å². The molecule has 0 aromatic heterocycles. The van der Waals surface area contributed by atoms with Crippen LogP contribution in [0.5, 0.6) is 0 Å². The molecule has 0 aliphatic rings. The molecule has 0 saturated heterocycles. The lowest BCUT2D eigenvalue weighted by Crippen LogP contribution is -2.23. The minimum absolute atomic E-state index is 0.883. The number of aryl methyl sites for hydroxylation is 1. The van der Waals surface area contributed by atoms with Gasteiger partial charge >= 0.3 is 0 Å². The molecule has 0 aliphatic carbocycles. The first-order valence-corrected chi connectivity index (χ1v) is 8.38. The largest absolute Gasteiger partial charge is 0.386 e. The maximum atomic E-state index is 3.37. The Morgan fingerprint density at radius 1 is 0.708 bits per heavy atom.